The molecule has 2 aromatic rings. The molecular weight excluding hydrogens is 290 g/mol. The highest BCUT2D eigenvalue weighted by Crippen LogP contribution is 2.27. The van der Waals surface area contributed by atoms with Crippen molar-refractivity contribution in [2.45, 2.75) is 37.8 Å². The van der Waals surface area contributed by atoms with Crippen molar-refractivity contribution in [3.63, 3.8) is 0 Å². The zero-order valence-corrected chi connectivity index (χ0v) is 13.4. The van der Waals surface area contributed by atoms with Crippen molar-refractivity contribution in [1.29, 1.82) is 0 Å². The van der Waals surface area contributed by atoms with Crippen LogP contribution in [0.2, 0.25) is 0 Å². The van der Waals surface area contributed by atoms with Gasteiger partial charge in [-0.2, -0.15) is 0 Å². The van der Waals surface area contributed by atoms with Crippen LogP contribution in [0.1, 0.15) is 36.6 Å². The summed E-state index contributed by atoms with van der Waals surface area (Å²) in [5.41, 5.74) is 2.17. The summed E-state index contributed by atoms with van der Waals surface area (Å²) >= 11 is 0. The number of hydrogen-bond acceptors (Lipinski definition) is 3. The van der Waals surface area contributed by atoms with E-state index in [1.54, 1.807) is 6.33 Å². The first-order valence-corrected chi connectivity index (χ1v) is 8.15. The van der Waals surface area contributed by atoms with Crippen LogP contribution < -0.4 is 5.32 Å². The third-order valence-corrected chi connectivity index (χ3v) is 4.34. The van der Waals surface area contributed by atoms with Crippen LogP contribution in [0.5, 0.6) is 0 Å². The van der Waals surface area contributed by atoms with Gasteiger partial charge in [0.05, 0.1) is 18.5 Å². The van der Waals surface area contributed by atoms with Crippen molar-refractivity contribution in [3.05, 3.63) is 54.1 Å². The van der Waals surface area contributed by atoms with Crippen LogP contribution in [0, 0.1) is 0 Å². The fourth-order valence-corrected chi connectivity index (χ4v) is 3.03. The van der Waals surface area contributed by atoms with Gasteiger partial charge in [0.15, 0.2) is 0 Å². The van der Waals surface area contributed by atoms with E-state index in [2.05, 4.69) is 10.3 Å². The fraction of sp³-hybridized carbons (Fsp3) is 0.444. The molecule has 3 rings (SSSR count). The molecule has 1 aliphatic heterocycles. The van der Waals surface area contributed by atoms with Gasteiger partial charge in [-0.1, -0.05) is 30.3 Å². The lowest BCUT2D eigenvalue weighted by Gasteiger charge is -2.24. The second kappa shape index (κ2) is 7.42. The number of rotatable bonds is 6. The van der Waals surface area contributed by atoms with Gasteiger partial charge in [0.25, 0.3) is 0 Å². The smallest absolute Gasteiger partial charge is 0.220 e. The maximum absolute atomic E-state index is 12.4. The van der Waals surface area contributed by atoms with Gasteiger partial charge >= 0.3 is 0 Å². The van der Waals surface area contributed by atoms with Gasteiger partial charge in [0.2, 0.25) is 5.91 Å². The molecule has 23 heavy (non-hydrogen) atoms. The van der Waals surface area contributed by atoms with E-state index in [9.17, 15) is 4.79 Å². The predicted octanol–water partition coefficient (Wildman–Crippen LogP) is 2.39. The van der Waals surface area contributed by atoms with Gasteiger partial charge in [-0.25, -0.2) is 4.98 Å². The third-order valence-electron chi connectivity index (χ3n) is 4.34. The van der Waals surface area contributed by atoms with Crippen molar-refractivity contribution >= 4 is 5.91 Å². The van der Waals surface area contributed by atoms with Crippen molar-refractivity contribution in [2.24, 2.45) is 7.05 Å². The van der Waals surface area contributed by atoms with E-state index in [4.69, 9.17) is 4.74 Å². The molecule has 2 atom stereocenters. The van der Waals surface area contributed by atoms with E-state index in [0.717, 1.165) is 30.7 Å². The van der Waals surface area contributed by atoms with Crippen LogP contribution in [0.3, 0.4) is 0 Å². The van der Waals surface area contributed by atoms with Crippen molar-refractivity contribution in [1.82, 2.24) is 14.9 Å². The number of imidazole rings is 1. The van der Waals surface area contributed by atoms with Crippen LogP contribution >= 0.6 is 0 Å². The standard InChI is InChI=1S/C18H23N3O2/c1-21-13-19-12-15(21)9-10-17(22)20-18(16-8-5-11-23-16)14-6-3-2-4-7-14/h2-4,6-7,12-13,16,18H,5,8-11H2,1H3,(H,20,22)/t16-,18-/m0/s1. The molecule has 0 aliphatic carbocycles. The summed E-state index contributed by atoms with van der Waals surface area (Å²) in [6.07, 6.45) is 6.82. The Hall–Kier alpha value is -2.14. The lowest BCUT2D eigenvalue weighted by Crippen LogP contribution is -2.36. The Morgan fingerprint density at radius 2 is 2.26 bits per heavy atom. The van der Waals surface area contributed by atoms with Gasteiger partial charge in [0, 0.05) is 32.0 Å². The molecule has 1 saturated heterocycles. The molecule has 1 N–H and O–H groups in total. The first kappa shape index (κ1) is 15.7. The van der Waals surface area contributed by atoms with Crippen LogP contribution in [-0.4, -0.2) is 28.2 Å². The molecule has 1 aliphatic rings. The van der Waals surface area contributed by atoms with Gasteiger partial charge in [-0.3, -0.25) is 4.79 Å². The number of aromatic nitrogens is 2. The summed E-state index contributed by atoms with van der Waals surface area (Å²) in [6.45, 7) is 0.777. The van der Waals surface area contributed by atoms with Crippen LogP contribution in [0.4, 0.5) is 0 Å². The summed E-state index contributed by atoms with van der Waals surface area (Å²) in [6, 6.07) is 10.0. The SMILES string of the molecule is Cn1cncc1CCC(=O)N[C@@H](c1ccccc1)[C@@H]1CCCO1. The lowest BCUT2D eigenvalue weighted by molar-refractivity contribution is -0.122. The molecule has 0 spiro atoms. The monoisotopic (exact) mass is 313 g/mol. The van der Waals surface area contributed by atoms with Crippen molar-refractivity contribution < 1.29 is 9.53 Å². The Morgan fingerprint density at radius 1 is 1.43 bits per heavy atom. The average molecular weight is 313 g/mol. The van der Waals surface area contributed by atoms with Gasteiger partial charge in [0.1, 0.15) is 0 Å². The highest BCUT2D eigenvalue weighted by Gasteiger charge is 2.28. The third kappa shape index (κ3) is 3.99. The van der Waals surface area contributed by atoms with Gasteiger partial charge < -0.3 is 14.6 Å². The molecule has 0 bridgehead atoms. The molecule has 5 nitrogen and oxygen atoms in total. The lowest BCUT2D eigenvalue weighted by atomic mass is 9.99. The number of carbonyl (C=O) groups excluding carboxylic acids is 1. The number of nitrogens with one attached hydrogen (secondary N) is 1. The van der Waals surface area contributed by atoms with Crippen LogP contribution in [-0.2, 0) is 23.0 Å². The van der Waals surface area contributed by atoms with Gasteiger partial charge in [-0.05, 0) is 24.8 Å². The topological polar surface area (TPSA) is 56.2 Å². The molecular formula is C18H23N3O2. The summed E-state index contributed by atoms with van der Waals surface area (Å²) in [5, 5.41) is 3.16. The maximum Gasteiger partial charge on any atom is 0.220 e. The molecule has 1 aromatic heterocycles. The number of carbonyl (C=O) groups is 1. The van der Waals surface area contributed by atoms with Crippen molar-refractivity contribution in [2.75, 3.05) is 6.61 Å². The number of ether oxygens (including phenoxy) is 1. The number of hydrogen-bond donors (Lipinski definition) is 1. The number of nitrogens with zero attached hydrogens (tertiary/aromatic N) is 2. The zero-order valence-electron chi connectivity index (χ0n) is 13.4. The van der Waals surface area contributed by atoms with E-state index in [-0.39, 0.29) is 18.1 Å². The molecule has 0 unspecified atom stereocenters. The Balaban J connectivity index is 1.63. The van der Waals surface area contributed by atoms with E-state index in [1.807, 2.05) is 48.1 Å². The Kier molecular flexibility index (Phi) is 5.08. The molecule has 5 heteroatoms. The second-order valence-corrected chi connectivity index (χ2v) is 6.00. The Labute approximate surface area is 136 Å². The Bertz CT molecular complexity index is 633. The summed E-state index contributed by atoms with van der Waals surface area (Å²) < 4.78 is 7.76. The highest BCUT2D eigenvalue weighted by molar-refractivity contribution is 5.76. The average Bonchev–Trinajstić information content (AvgIpc) is 3.23. The highest BCUT2D eigenvalue weighted by atomic mass is 16.5. The zero-order chi connectivity index (χ0) is 16.1. The minimum absolute atomic E-state index is 0.0514. The molecule has 1 fully saturated rings. The summed E-state index contributed by atoms with van der Waals surface area (Å²) in [5.74, 6) is 0.0514. The Morgan fingerprint density at radius 3 is 2.91 bits per heavy atom. The first-order chi connectivity index (χ1) is 11.2. The molecule has 0 radical (unpaired) electrons. The number of aryl methyl sites for hydroxylation is 2. The number of amides is 1. The normalized spacial score (nSPS) is 18.7. The van der Waals surface area contributed by atoms with Gasteiger partial charge in [-0.15, -0.1) is 0 Å². The van der Waals surface area contributed by atoms with Crippen LogP contribution in [0.25, 0.3) is 0 Å². The van der Waals surface area contributed by atoms with E-state index in [1.165, 1.54) is 0 Å². The van der Waals surface area contributed by atoms with Crippen LogP contribution in [0.15, 0.2) is 42.9 Å². The molecule has 2 heterocycles. The minimum Gasteiger partial charge on any atom is -0.376 e. The minimum atomic E-state index is -0.0715. The largest absolute Gasteiger partial charge is 0.376 e. The molecule has 122 valence electrons. The molecule has 1 amide bonds. The molecule has 0 saturated carbocycles. The summed E-state index contributed by atoms with van der Waals surface area (Å²) in [4.78, 5) is 16.5. The van der Waals surface area contributed by atoms with E-state index in [0.29, 0.717) is 12.8 Å². The fourth-order valence-electron chi connectivity index (χ4n) is 3.03. The summed E-state index contributed by atoms with van der Waals surface area (Å²) in [7, 11) is 1.94. The molecule has 1 aromatic carbocycles. The second-order valence-electron chi connectivity index (χ2n) is 6.00. The van der Waals surface area contributed by atoms with Crippen molar-refractivity contribution in [3.8, 4) is 0 Å². The van der Waals surface area contributed by atoms with E-state index < -0.39 is 0 Å². The van der Waals surface area contributed by atoms with E-state index >= 15 is 0 Å². The number of benzene rings is 1. The predicted molar refractivity (Wildman–Crippen MR) is 87.8 cm³/mol. The first-order valence-electron chi connectivity index (χ1n) is 8.15. The maximum atomic E-state index is 12.4. The quantitative estimate of drug-likeness (QED) is 0.891.